The first-order chi connectivity index (χ1) is 25.3. The summed E-state index contributed by atoms with van der Waals surface area (Å²) in [6.45, 7) is 12.6. The van der Waals surface area contributed by atoms with Gasteiger partial charge in [-0.3, -0.25) is 19.3 Å². The van der Waals surface area contributed by atoms with E-state index in [-0.39, 0.29) is 43.3 Å². The maximum absolute atomic E-state index is 14.1. The van der Waals surface area contributed by atoms with Gasteiger partial charge in [0.15, 0.2) is 5.15 Å². The zero-order valence-electron chi connectivity index (χ0n) is 30.8. The van der Waals surface area contributed by atoms with Crippen molar-refractivity contribution in [1.29, 1.82) is 0 Å². The van der Waals surface area contributed by atoms with Crippen molar-refractivity contribution in [3.8, 4) is 21.6 Å². The first-order valence-electron chi connectivity index (χ1n) is 17.9. The van der Waals surface area contributed by atoms with Crippen LogP contribution in [-0.2, 0) is 14.4 Å². The van der Waals surface area contributed by atoms with E-state index in [1.807, 2.05) is 76.5 Å². The molecule has 0 spiro atoms. The standard InChI is InChI=1S/C39H47ClN8O4S/c1-24(26-6-8-28(9-7-26)35-25(2)41-23-53-35)43-37(51)32-19-31(49)21-48(32)38(52)36(39(3,4)5)44-34(50)22-46-14-16-47(17-15-46)30-12-10-27(11-13-30)29-18-33(40)45-42-20-29/h6-13,18,20,23-24,31-32,36,49H,14-17,19,21-22H2,1-5H3,(H,43,51)(H,44,50)/t24?,31?,32?,36-/m1/s1. The minimum atomic E-state index is -0.888. The highest BCUT2D eigenvalue weighted by Gasteiger charge is 2.44. The number of β-amino-alcohol motifs (C(OH)–C–C–N with tert-alkyl or cyclic N) is 1. The van der Waals surface area contributed by atoms with Crippen molar-refractivity contribution >= 4 is 46.3 Å². The van der Waals surface area contributed by atoms with Gasteiger partial charge < -0.3 is 25.5 Å². The highest BCUT2D eigenvalue weighted by atomic mass is 35.5. The van der Waals surface area contributed by atoms with Crippen LogP contribution in [0.3, 0.4) is 0 Å². The number of halogens is 1. The second kappa shape index (κ2) is 16.3. The van der Waals surface area contributed by atoms with E-state index in [1.165, 1.54) is 4.90 Å². The number of nitrogens with zero attached hydrogens (tertiary/aromatic N) is 6. The molecule has 280 valence electrons. The van der Waals surface area contributed by atoms with E-state index in [9.17, 15) is 19.5 Å². The number of hydrogen-bond acceptors (Lipinski definition) is 10. The molecule has 3 unspecified atom stereocenters. The largest absolute Gasteiger partial charge is 0.391 e. The van der Waals surface area contributed by atoms with Gasteiger partial charge >= 0.3 is 0 Å². The van der Waals surface area contributed by atoms with Crippen LogP contribution in [-0.4, -0.2) is 105 Å². The number of piperazine rings is 1. The Balaban J connectivity index is 1.03. The Morgan fingerprint density at radius 1 is 0.981 bits per heavy atom. The number of benzene rings is 2. The summed E-state index contributed by atoms with van der Waals surface area (Å²) in [5.41, 5.74) is 7.12. The lowest BCUT2D eigenvalue weighted by atomic mass is 9.85. The average Bonchev–Trinajstić information content (AvgIpc) is 3.75. The van der Waals surface area contributed by atoms with Crippen LogP contribution in [0.25, 0.3) is 21.6 Å². The molecule has 2 aromatic carbocycles. The molecule has 0 saturated carbocycles. The van der Waals surface area contributed by atoms with Gasteiger partial charge in [-0.25, -0.2) is 4.98 Å². The van der Waals surface area contributed by atoms with E-state index >= 15 is 0 Å². The number of carbonyl (C=O) groups is 3. The van der Waals surface area contributed by atoms with E-state index in [1.54, 1.807) is 23.6 Å². The van der Waals surface area contributed by atoms with Gasteiger partial charge in [-0.2, -0.15) is 5.10 Å². The van der Waals surface area contributed by atoms with E-state index < -0.39 is 23.6 Å². The van der Waals surface area contributed by atoms with Crippen molar-refractivity contribution < 1.29 is 19.5 Å². The molecule has 2 fully saturated rings. The van der Waals surface area contributed by atoms with Gasteiger partial charge in [-0.15, -0.1) is 16.4 Å². The van der Waals surface area contributed by atoms with Crippen LogP contribution in [0.2, 0.25) is 5.15 Å². The summed E-state index contributed by atoms with van der Waals surface area (Å²) >= 11 is 7.59. The van der Waals surface area contributed by atoms with Crippen molar-refractivity contribution in [2.75, 3.05) is 44.2 Å². The van der Waals surface area contributed by atoms with Crippen molar-refractivity contribution in [2.45, 2.75) is 65.3 Å². The number of aliphatic hydroxyl groups excluding tert-OH is 1. The Bertz CT molecular complexity index is 1910. The van der Waals surface area contributed by atoms with Crippen LogP contribution in [0.15, 0.2) is 66.3 Å². The zero-order valence-corrected chi connectivity index (χ0v) is 32.3. The number of hydrogen-bond donors (Lipinski definition) is 3. The summed E-state index contributed by atoms with van der Waals surface area (Å²) in [7, 11) is 0. The second-order valence-corrected chi connectivity index (χ2v) is 16.2. The van der Waals surface area contributed by atoms with Crippen LogP contribution in [0.5, 0.6) is 0 Å². The third-order valence-electron chi connectivity index (χ3n) is 9.99. The number of aryl methyl sites for hydroxylation is 1. The third kappa shape index (κ3) is 9.21. The van der Waals surface area contributed by atoms with Gasteiger partial charge in [0.05, 0.1) is 41.0 Å². The molecule has 53 heavy (non-hydrogen) atoms. The quantitative estimate of drug-likeness (QED) is 0.209. The fraction of sp³-hybridized carbons (Fsp3) is 0.436. The van der Waals surface area contributed by atoms with E-state index in [4.69, 9.17) is 11.6 Å². The summed E-state index contributed by atoms with van der Waals surface area (Å²) in [6.07, 6.45) is 0.961. The maximum atomic E-state index is 14.1. The molecule has 4 aromatic rings. The fourth-order valence-electron chi connectivity index (χ4n) is 6.95. The maximum Gasteiger partial charge on any atom is 0.246 e. The van der Waals surface area contributed by atoms with Crippen LogP contribution < -0.4 is 15.5 Å². The monoisotopic (exact) mass is 758 g/mol. The van der Waals surface area contributed by atoms with Gasteiger partial charge in [0, 0.05) is 50.4 Å². The molecular weight excluding hydrogens is 712 g/mol. The lowest BCUT2D eigenvalue weighted by Crippen LogP contribution is -2.59. The van der Waals surface area contributed by atoms with Gasteiger partial charge in [-0.05, 0) is 54.2 Å². The minimum Gasteiger partial charge on any atom is -0.391 e. The number of aliphatic hydroxyl groups is 1. The molecule has 0 radical (unpaired) electrons. The highest BCUT2D eigenvalue weighted by Crippen LogP contribution is 2.30. The highest BCUT2D eigenvalue weighted by molar-refractivity contribution is 7.13. The summed E-state index contributed by atoms with van der Waals surface area (Å²) in [5, 5.41) is 24.8. The van der Waals surface area contributed by atoms with Crippen molar-refractivity contribution in [1.82, 2.24) is 35.6 Å². The lowest BCUT2D eigenvalue weighted by Gasteiger charge is -2.37. The normalized spacial score (nSPS) is 19.2. The van der Waals surface area contributed by atoms with Gasteiger partial charge in [0.2, 0.25) is 17.7 Å². The Hall–Kier alpha value is -4.43. The van der Waals surface area contributed by atoms with Crippen molar-refractivity contribution in [2.24, 2.45) is 5.41 Å². The fourth-order valence-corrected chi connectivity index (χ4v) is 7.93. The summed E-state index contributed by atoms with van der Waals surface area (Å²) in [6, 6.07) is 15.9. The van der Waals surface area contributed by atoms with Gasteiger partial charge in [0.25, 0.3) is 0 Å². The average molecular weight is 759 g/mol. The summed E-state index contributed by atoms with van der Waals surface area (Å²) in [5.74, 6) is -0.973. The van der Waals surface area contributed by atoms with Gasteiger partial charge in [-0.1, -0.05) is 68.8 Å². The SMILES string of the molecule is Cc1ncsc1-c1ccc(C(C)NC(=O)C2CC(O)CN2C(=O)[C@@H](NC(=O)CN2CCN(c3ccc(-c4cnnc(Cl)c4)cc3)CC2)C(C)(C)C)cc1. The minimum absolute atomic E-state index is 0.0206. The Labute approximate surface area is 319 Å². The number of carbonyl (C=O) groups excluding carboxylic acids is 3. The number of amides is 3. The van der Waals surface area contributed by atoms with Crippen LogP contribution >= 0.6 is 22.9 Å². The molecule has 0 aliphatic carbocycles. The zero-order chi connectivity index (χ0) is 37.9. The molecule has 3 N–H and O–H groups in total. The number of aromatic nitrogens is 3. The molecule has 3 amide bonds. The van der Waals surface area contributed by atoms with E-state index in [2.05, 4.69) is 47.7 Å². The molecule has 12 nitrogen and oxygen atoms in total. The molecule has 0 bridgehead atoms. The molecule has 6 rings (SSSR count). The molecule has 2 saturated heterocycles. The lowest BCUT2D eigenvalue weighted by molar-refractivity contribution is -0.144. The smallest absolute Gasteiger partial charge is 0.246 e. The van der Waals surface area contributed by atoms with Crippen LogP contribution in [0, 0.1) is 12.3 Å². The molecule has 2 aliphatic heterocycles. The van der Waals surface area contributed by atoms with Crippen molar-refractivity contribution in [3.05, 3.63) is 82.7 Å². The third-order valence-corrected chi connectivity index (χ3v) is 11.2. The van der Waals surface area contributed by atoms with E-state index in [0.717, 1.165) is 51.6 Å². The number of rotatable bonds is 10. The van der Waals surface area contributed by atoms with Gasteiger partial charge in [0.1, 0.15) is 12.1 Å². The first-order valence-corrected chi connectivity index (χ1v) is 19.2. The topological polar surface area (TPSA) is 144 Å². The number of nitrogens with one attached hydrogen (secondary N) is 2. The predicted molar refractivity (Wildman–Crippen MR) is 207 cm³/mol. The molecule has 14 heteroatoms. The summed E-state index contributed by atoms with van der Waals surface area (Å²) < 4.78 is 0. The Morgan fingerprint density at radius 3 is 2.28 bits per heavy atom. The molecule has 4 heterocycles. The van der Waals surface area contributed by atoms with Crippen LogP contribution in [0.4, 0.5) is 5.69 Å². The molecular formula is C39H47ClN8O4S. The Kier molecular flexibility index (Phi) is 11.8. The van der Waals surface area contributed by atoms with Crippen LogP contribution in [0.1, 0.15) is 51.4 Å². The molecule has 2 aliphatic rings. The predicted octanol–water partition coefficient (Wildman–Crippen LogP) is 4.72. The van der Waals surface area contributed by atoms with Crippen molar-refractivity contribution in [3.63, 3.8) is 0 Å². The summed E-state index contributed by atoms with van der Waals surface area (Å²) in [4.78, 5) is 52.4. The molecule has 2 aromatic heterocycles. The second-order valence-electron chi connectivity index (χ2n) is 15.0. The molecule has 4 atom stereocenters. The number of likely N-dealkylation sites (tertiary alicyclic amines) is 1. The number of anilines is 1. The number of thiazole rings is 1. The first kappa shape index (κ1) is 38.3. The van der Waals surface area contributed by atoms with E-state index in [0.29, 0.717) is 18.2 Å². The Morgan fingerprint density at radius 2 is 1.66 bits per heavy atom.